The molecule has 3 atom stereocenters. The van der Waals surface area contributed by atoms with Crippen molar-refractivity contribution in [2.24, 2.45) is 13.0 Å². The lowest BCUT2D eigenvalue weighted by molar-refractivity contribution is 0.117. The van der Waals surface area contributed by atoms with Gasteiger partial charge in [0.1, 0.15) is 17.8 Å². The third kappa shape index (κ3) is 3.29. The van der Waals surface area contributed by atoms with E-state index in [1.807, 2.05) is 42.5 Å². The van der Waals surface area contributed by atoms with E-state index in [1.54, 1.807) is 6.33 Å². The summed E-state index contributed by atoms with van der Waals surface area (Å²) in [6.45, 7) is 6.79. The average molecular weight is 331 g/mol. The van der Waals surface area contributed by atoms with E-state index in [2.05, 4.69) is 22.4 Å². The number of urea groups is 1. The molecule has 2 amide bonds. The van der Waals surface area contributed by atoms with Gasteiger partial charge in [0.15, 0.2) is 5.82 Å². The second kappa shape index (κ2) is 6.67. The molecular formula is C17H25N5O2. The van der Waals surface area contributed by atoms with Crippen molar-refractivity contribution < 1.29 is 9.21 Å². The van der Waals surface area contributed by atoms with Crippen LogP contribution in [0.2, 0.25) is 0 Å². The van der Waals surface area contributed by atoms with Gasteiger partial charge in [-0.05, 0) is 44.7 Å². The number of hydrogen-bond donors (Lipinski definition) is 1. The van der Waals surface area contributed by atoms with E-state index in [0.717, 1.165) is 36.7 Å². The summed E-state index contributed by atoms with van der Waals surface area (Å²) in [4.78, 5) is 14.7. The summed E-state index contributed by atoms with van der Waals surface area (Å²) in [7, 11) is 1.87. The largest absolute Gasteiger partial charge is 0.464 e. The maximum absolute atomic E-state index is 12.8. The normalized spacial score (nSPS) is 22.4. The van der Waals surface area contributed by atoms with E-state index in [4.69, 9.17) is 4.42 Å². The number of piperidine rings is 1. The summed E-state index contributed by atoms with van der Waals surface area (Å²) in [5.74, 6) is 3.04. The minimum Gasteiger partial charge on any atom is -0.464 e. The van der Waals surface area contributed by atoms with Gasteiger partial charge in [0.25, 0.3) is 0 Å². The minimum atomic E-state index is -0.205. The zero-order valence-electron chi connectivity index (χ0n) is 14.7. The first-order chi connectivity index (χ1) is 11.5. The third-order valence-corrected chi connectivity index (χ3v) is 4.69. The fourth-order valence-electron chi connectivity index (χ4n) is 3.30. The highest BCUT2D eigenvalue weighted by Gasteiger charge is 2.33. The Bertz CT molecular complexity index is 707. The molecule has 0 spiro atoms. The Morgan fingerprint density at radius 3 is 2.88 bits per heavy atom. The summed E-state index contributed by atoms with van der Waals surface area (Å²) < 4.78 is 7.62. The molecule has 2 aromatic heterocycles. The number of likely N-dealkylation sites (tertiary alicyclic amines) is 1. The molecule has 0 aromatic carbocycles. The third-order valence-electron chi connectivity index (χ3n) is 4.69. The molecule has 0 saturated carbocycles. The summed E-state index contributed by atoms with van der Waals surface area (Å²) >= 11 is 0. The molecule has 0 bridgehead atoms. The quantitative estimate of drug-likeness (QED) is 0.938. The average Bonchev–Trinajstić information content (AvgIpc) is 3.15. The van der Waals surface area contributed by atoms with Crippen LogP contribution < -0.4 is 5.32 Å². The molecule has 3 rings (SSSR count). The second-order valence-electron chi connectivity index (χ2n) is 6.76. The lowest BCUT2D eigenvalue weighted by atomic mass is 9.91. The molecule has 1 saturated heterocycles. The van der Waals surface area contributed by atoms with Crippen LogP contribution >= 0.6 is 0 Å². The zero-order chi connectivity index (χ0) is 17.3. The van der Waals surface area contributed by atoms with Gasteiger partial charge in [-0.2, -0.15) is 0 Å². The van der Waals surface area contributed by atoms with Crippen LogP contribution in [0.15, 0.2) is 22.9 Å². The standard InChI is InChI=1S/C17H25N5O2/c1-11-7-8-22(14(9-11)15-6-5-12(2)24-15)17(23)19-13(3)16-20-18-10-21(16)4/h5-6,10-11,13-14H,7-9H2,1-4H3,(H,19,23). The molecule has 3 unspecified atom stereocenters. The van der Waals surface area contributed by atoms with Crippen molar-refractivity contribution >= 4 is 6.03 Å². The van der Waals surface area contributed by atoms with Crippen molar-refractivity contribution in [1.29, 1.82) is 0 Å². The van der Waals surface area contributed by atoms with Crippen molar-refractivity contribution in [3.8, 4) is 0 Å². The number of aryl methyl sites for hydroxylation is 2. The van der Waals surface area contributed by atoms with Gasteiger partial charge < -0.3 is 19.2 Å². The molecule has 24 heavy (non-hydrogen) atoms. The number of carbonyl (C=O) groups is 1. The Morgan fingerprint density at radius 1 is 1.46 bits per heavy atom. The van der Waals surface area contributed by atoms with Crippen molar-refractivity contribution in [2.45, 2.75) is 45.7 Å². The highest BCUT2D eigenvalue weighted by atomic mass is 16.3. The Hall–Kier alpha value is -2.31. The first kappa shape index (κ1) is 16.5. The Balaban J connectivity index is 1.75. The Morgan fingerprint density at radius 2 is 2.25 bits per heavy atom. The number of hydrogen-bond acceptors (Lipinski definition) is 4. The predicted octanol–water partition coefficient (Wildman–Crippen LogP) is 2.96. The first-order valence-electron chi connectivity index (χ1n) is 8.43. The maximum atomic E-state index is 12.8. The molecule has 1 aliphatic heterocycles. The molecule has 3 heterocycles. The number of carbonyl (C=O) groups excluding carboxylic acids is 1. The highest BCUT2D eigenvalue weighted by Crippen LogP contribution is 2.35. The molecule has 7 nitrogen and oxygen atoms in total. The van der Waals surface area contributed by atoms with E-state index in [9.17, 15) is 4.79 Å². The topological polar surface area (TPSA) is 76.2 Å². The molecule has 7 heteroatoms. The van der Waals surface area contributed by atoms with Gasteiger partial charge in [-0.15, -0.1) is 10.2 Å². The van der Waals surface area contributed by atoms with E-state index in [-0.39, 0.29) is 18.1 Å². The van der Waals surface area contributed by atoms with E-state index in [0.29, 0.717) is 5.92 Å². The molecule has 1 N–H and O–H groups in total. The summed E-state index contributed by atoms with van der Waals surface area (Å²) in [5, 5.41) is 11.0. The van der Waals surface area contributed by atoms with Gasteiger partial charge in [0, 0.05) is 13.6 Å². The smallest absolute Gasteiger partial charge is 0.318 e. The van der Waals surface area contributed by atoms with Gasteiger partial charge in [-0.3, -0.25) is 0 Å². The molecular weight excluding hydrogens is 306 g/mol. The number of nitrogens with zero attached hydrogens (tertiary/aromatic N) is 4. The van der Waals surface area contributed by atoms with Crippen LogP contribution in [-0.2, 0) is 7.05 Å². The molecule has 1 aliphatic rings. The fourth-order valence-corrected chi connectivity index (χ4v) is 3.30. The Labute approximate surface area is 142 Å². The second-order valence-corrected chi connectivity index (χ2v) is 6.76. The van der Waals surface area contributed by atoms with Gasteiger partial charge >= 0.3 is 6.03 Å². The zero-order valence-corrected chi connectivity index (χ0v) is 14.7. The molecule has 2 aromatic rings. The number of aromatic nitrogens is 3. The van der Waals surface area contributed by atoms with Gasteiger partial charge in [-0.25, -0.2) is 4.79 Å². The lowest BCUT2D eigenvalue weighted by Crippen LogP contribution is -2.46. The van der Waals surface area contributed by atoms with Gasteiger partial charge in [-0.1, -0.05) is 6.92 Å². The molecule has 130 valence electrons. The lowest BCUT2D eigenvalue weighted by Gasteiger charge is -2.37. The maximum Gasteiger partial charge on any atom is 0.318 e. The number of nitrogens with one attached hydrogen (secondary N) is 1. The fraction of sp³-hybridized carbons (Fsp3) is 0.588. The summed E-state index contributed by atoms with van der Waals surface area (Å²) in [6, 6.07) is 3.62. The van der Waals surface area contributed by atoms with Crippen molar-refractivity contribution in [3.63, 3.8) is 0 Å². The van der Waals surface area contributed by atoms with Crippen LogP contribution in [0.4, 0.5) is 4.79 Å². The number of furan rings is 1. The SMILES string of the molecule is Cc1ccc(C2CC(C)CCN2C(=O)NC(C)c2nncn2C)o1. The van der Waals surface area contributed by atoms with Crippen LogP contribution in [-0.4, -0.2) is 32.2 Å². The van der Waals surface area contributed by atoms with E-state index in [1.165, 1.54) is 0 Å². The van der Waals surface area contributed by atoms with Gasteiger partial charge in [0.05, 0.1) is 12.1 Å². The molecule has 0 aliphatic carbocycles. The van der Waals surface area contributed by atoms with E-state index >= 15 is 0 Å². The first-order valence-corrected chi connectivity index (χ1v) is 8.43. The van der Waals surface area contributed by atoms with Crippen LogP contribution in [0.1, 0.15) is 56.1 Å². The van der Waals surface area contributed by atoms with Crippen molar-refractivity contribution in [1.82, 2.24) is 25.0 Å². The highest BCUT2D eigenvalue weighted by molar-refractivity contribution is 5.75. The predicted molar refractivity (Wildman–Crippen MR) is 89.2 cm³/mol. The van der Waals surface area contributed by atoms with Crippen LogP contribution in [0, 0.1) is 12.8 Å². The van der Waals surface area contributed by atoms with Crippen molar-refractivity contribution in [2.75, 3.05) is 6.54 Å². The van der Waals surface area contributed by atoms with Crippen LogP contribution in [0.25, 0.3) is 0 Å². The summed E-state index contributed by atoms with van der Waals surface area (Å²) in [5.41, 5.74) is 0. The van der Waals surface area contributed by atoms with Crippen molar-refractivity contribution in [3.05, 3.63) is 35.8 Å². The minimum absolute atomic E-state index is 0.0193. The van der Waals surface area contributed by atoms with Crippen LogP contribution in [0.3, 0.4) is 0 Å². The molecule has 1 fully saturated rings. The van der Waals surface area contributed by atoms with E-state index < -0.39 is 0 Å². The molecule has 0 radical (unpaired) electrons. The monoisotopic (exact) mass is 331 g/mol. The van der Waals surface area contributed by atoms with Crippen LogP contribution in [0.5, 0.6) is 0 Å². The van der Waals surface area contributed by atoms with Gasteiger partial charge in [0.2, 0.25) is 0 Å². The Kier molecular flexibility index (Phi) is 4.59. The summed E-state index contributed by atoms with van der Waals surface area (Å²) in [6.07, 6.45) is 3.55. The number of rotatable bonds is 3. The number of amides is 2.